The van der Waals surface area contributed by atoms with Gasteiger partial charge >= 0.3 is 0 Å². The van der Waals surface area contributed by atoms with Crippen LogP contribution in [0.25, 0.3) is 0 Å². The van der Waals surface area contributed by atoms with E-state index in [0.29, 0.717) is 43.4 Å². The third kappa shape index (κ3) is 5.15. The number of piperidine rings is 1. The third-order valence-electron chi connectivity index (χ3n) is 7.10. The van der Waals surface area contributed by atoms with Gasteiger partial charge in [0.2, 0.25) is 15.9 Å². The van der Waals surface area contributed by atoms with Gasteiger partial charge in [0.25, 0.3) is 0 Å². The monoisotopic (exact) mass is 484 g/mol. The number of sulfonamides is 1. The molecule has 2 aliphatic rings. The number of carbonyl (C=O) groups excluding carboxylic acids is 1. The molecule has 6 nitrogen and oxygen atoms in total. The quantitative estimate of drug-likeness (QED) is 0.556. The van der Waals surface area contributed by atoms with E-state index in [9.17, 15) is 13.2 Å². The van der Waals surface area contributed by atoms with Crippen LogP contribution in [0.2, 0.25) is 0 Å². The van der Waals surface area contributed by atoms with E-state index in [-0.39, 0.29) is 17.9 Å². The molecule has 0 aromatic heterocycles. The maximum absolute atomic E-state index is 13.4. The summed E-state index contributed by atoms with van der Waals surface area (Å²) in [7, 11) is -3.54. The Bertz CT molecular complexity index is 1070. The molecular weight excluding hydrogens is 448 g/mol. The number of amides is 1. The predicted octanol–water partition coefficient (Wildman–Crippen LogP) is 4.97. The summed E-state index contributed by atoms with van der Waals surface area (Å²) in [6.07, 6.45) is 3.08. The first kappa shape index (κ1) is 24.7. The van der Waals surface area contributed by atoms with Crippen LogP contribution in [0.5, 0.6) is 5.75 Å². The van der Waals surface area contributed by atoms with E-state index in [2.05, 4.69) is 26.0 Å². The lowest BCUT2D eigenvalue weighted by Crippen LogP contribution is -2.44. The van der Waals surface area contributed by atoms with Crippen molar-refractivity contribution < 1.29 is 17.9 Å². The second-order valence-electron chi connectivity index (χ2n) is 9.59. The Morgan fingerprint density at radius 1 is 0.971 bits per heavy atom. The summed E-state index contributed by atoms with van der Waals surface area (Å²) >= 11 is 0. The number of likely N-dealkylation sites (tertiary alicyclic amines) is 1. The van der Waals surface area contributed by atoms with Gasteiger partial charge in [-0.1, -0.05) is 38.1 Å². The summed E-state index contributed by atoms with van der Waals surface area (Å²) in [5.41, 5.74) is 2.26. The summed E-state index contributed by atoms with van der Waals surface area (Å²) < 4.78 is 33.3. The van der Waals surface area contributed by atoms with Gasteiger partial charge in [-0.3, -0.25) is 4.79 Å². The molecule has 1 unspecified atom stereocenters. The van der Waals surface area contributed by atoms with Crippen LogP contribution in [0.1, 0.15) is 69.5 Å². The van der Waals surface area contributed by atoms with Crippen LogP contribution in [0.15, 0.2) is 53.4 Å². The molecular formula is C27H36N2O4S. The zero-order valence-electron chi connectivity index (χ0n) is 20.4. The minimum atomic E-state index is -3.54. The van der Waals surface area contributed by atoms with E-state index < -0.39 is 10.0 Å². The fourth-order valence-electron chi connectivity index (χ4n) is 5.08. The van der Waals surface area contributed by atoms with E-state index in [4.69, 9.17) is 4.74 Å². The lowest BCUT2D eigenvalue weighted by Gasteiger charge is -2.34. The molecule has 0 spiro atoms. The molecule has 0 radical (unpaired) electrons. The highest BCUT2D eigenvalue weighted by molar-refractivity contribution is 7.89. The highest BCUT2D eigenvalue weighted by Crippen LogP contribution is 2.36. The lowest BCUT2D eigenvalue weighted by molar-refractivity contribution is -0.137. The summed E-state index contributed by atoms with van der Waals surface area (Å²) in [5.74, 6) is 1.23. The predicted molar refractivity (Wildman–Crippen MR) is 133 cm³/mol. The van der Waals surface area contributed by atoms with Crippen LogP contribution in [0.3, 0.4) is 0 Å². The van der Waals surface area contributed by atoms with Crippen molar-refractivity contribution in [3.63, 3.8) is 0 Å². The first-order valence-corrected chi connectivity index (χ1v) is 13.9. The molecule has 0 saturated carbocycles. The van der Waals surface area contributed by atoms with Gasteiger partial charge in [-0.2, -0.15) is 4.31 Å². The summed E-state index contributed by atoms with van der Waals surface area (Å²) in [6, 6.07) is 15.3. The van der Waals surface area contributed by atoms with Crippen molar-refractivity contribution in [2.24, 2.45) is 5.92 Å². The van der Waals surface area contributed by atoms with Crippen molar-refractivity contribution >= 4 is 15.9 Å². The maximum atomic E-state index is 13.4. The van der Waals surface area contributed by atoms with Gasteiger partial charge in [0.1, 0.15) is 5.75 Å². The molecule has 2 aliphatic heterocycles. The Morgan fingerprint density at radius 2 is 1.62 bits per heavy atom. The zero-order valence-corrected chi connectivity index (χ0v) is 21.3. The Balaban J connectivity index is 1.39. The molecule has 2 aromatic rings. The van der Waals surface area contributed by atoms with Crippen LogP contribution in [-0.2, 0) is 14.8 Å². The van der Waals surface area contributed by atoms with E-state index in [1.54, 1.807) is 12.1 Å². The van der Waals surface area contributed by atoms with Crippen molar-refractivity contribution in [2.75, 3.05) is 26.2 Å². The minimum Gasteiger partial charge on any atom is -0.494 e. The van der Waals surface area contributed by atoms with E-state index in [0.717, 1.165) is 36.3 Å². The van der Waals surface area contributed by atoms with Crippen molar-refractivity contribution in [3.8, 4) is 5.75 Å². The molecule has 2 fully saturated rings. The van der Waals surface area contributed by atoms with Crippen LogP contribution < -0.4 is 4.74 Å². The molecule has 0 N–H and O–H groups in total. The van der Waals surface area contributed by atoms with Gasteiger partial charge in [-0.25, -0.2) is 8.42 Å². The molecule has 1 atom stereocenters. The van der Waals surface area contributed by atoms with E-state index >= 15 is 0 Å². The van der Waals surface area contributed by atoms with Gasteiger partial charge in [0, 0.05) is 25.6 Å². The smallest absolute Gasteiger partial charge is 0.243 e. The summed E-state index contributed by atoms with van der Waals surface area (Å²) in [6.45, 7) is 8.30. The SMILES string of the molecule is CCOc1ccc(C2CCCN2C(=O)C2CCN(S(=O)(=O)c3ccc(C(C)C)cc3)CC2)cc1. The van der Waals surface area contributed by atoms with E-state index in [1.165, 1.54) is 4.31 Å². The highest BCUT2D eigenvalue weighted by Gasteiger charge is 2.37. The normalized spacial score (nSPS) is 20.1. The molecule has 4 rings (SSSR count). The Morgan fingerprint density at radius 3 is 2.21 bits per heavy atom. The Hall–Kier alpha value is -2.38. The molecule has 0 bridgehead atoms. The molecule has 2 heterocycles. The molecule has 7 heteroatoms. The Labute approximate surface area is 204 Å². The van der Waals surface area contributed by atoms with Crippen molar-refractivity contribution in [2.45, 2.75) is 63.3 Å². The molecule has 1 amide bonds. The molecule has 2 saturated heterocycles. The number of nitrogens with zero attached hydrogens (tertiary/aromatic N) is 2. The molecule has 184 valence electrons. The van der Waals surface area contributed by atoms with Gasteiger partial charge in [0.15, 0.2) is 0 Å². The fourth-order valence-corrected chi connectivity index (χ4v) is 6.55. The third-order valence-corrected chi connectivity index (χ3v) is 9.01. The summed E-state index contributed by atoms with van der Waals surface area (Å²) in [4.78, 5) is 15.8. The second-order valence-corrected chi connectivity index (χ2v) is 11.5. The van der Waals surface area contributed by atoms with Crippen molar-refractivity contribution in [3.05, 3.63) is 59.7 Å². The average molecular weight is 485 g/mol. The first-order chi connectivity index (χ1) is 16.3. The van der Waals surface area contributed by atoms with Gasteiger partial charge in [-0.05, 0) is 73.9 Å². The zero-order chi connectivity index (χ0) is 24.3. The van der Waals surface area contributed by atoms with Gasteiger partial charge in [-0.15, -0.1) is 0 Å². The molecule has 2 aromatic carbocycles. The topological polar surface area (TPSA) is 66.9 Å². The fraction of sp³-hybridized carbons (Fsp3) is 0.519. The standard InChI is InChI=1S/C27H36N2O4S/c1-4-33-24-11-7-22(8-12-24)26-6-5-17-29(26)27(30)23-15-18-28(19-16-23)34(31,32)25-13-9-21(10-14-25)20(2)3/h7-14,20,23,26H,4-6,15-19H2,1-3H3. The van der Waals surface area contributed by atoms with Crippen molar-refractivity contribution in [1.29, 1.82) is 0 Å². The number of benzene rings is 2. The number of ether oxygens (including phenoxy) is 1. The number of carbonyl (C=O) groups is 1. The average Bonchev–Trinajstić information content (AvgIpc) is 3.34. The molecule has 0 aliphatic carbocycles. The first-order valence-electron chi connectivity index (χ1n) is 12.4. The number of hydrogen-bond donors (Lipinski definition) is 0. The van der Waals surface area contributed by atoms with Crippen LogP contribution >= 0.6 is 0 Å². The highest BCUT2D eigenvalue weighted by atomic mass is 32.2. The second kappa shape index (κ2) is 10.5. The summed E-state index contributed by atoms with van der Waals surface area (Å²) in [5, 5.41) is 0. The van der Waals surface area contributed by atoms with Crippen molar-refractivity contribution in [1.82, 2.24) is 9.21 Å². The van der Waals surface area contributed by atoms with Crippen LogP contribution in [0.4, 0.5) is 0 Å². The van der Waals surface area contributed by atoms with E-state index in [1.807, 2.05) is 36.1 Å². The van der Waals surface area contributed by atoms with Crippen LogP contribution in [0, 0.1) is 5.92 Å². The minimum absolute atomic E-state index is 0.0874. The largest absolute Gasteiger partial charge is 0.494 e. The number of rotatable bonds is 7. The van der Waals surface area contributed by atoms with Crippen LogP contribution in [-0.4, -0.2) is 49.8 Å². The lowest BCUT2D eigenvalue weighted by atomic mass is 9.95. The number of hydrogen-bond acceptors (Lipinski definition) is 4. The Kier molecular flexibility index (Phi) is 7.63. The maximum Gasteiger partial charge on any atom is 0.243 e. The van der Waals surface area contributed by atoms with Gasteiger partial charge < -0.3 is 9.64 Å². The van der Waals surface area contributed by atoms with Gasteiger partial charge in [0.05, 0.1) is 17.5 Å². The molecule has 34 heavy (non-hydrogen) atoms.